The summed E-state index contributed by atoms with van der Waals surface area (Å²) in [4.78, 5) is 28.8. The summed E-state index contributed by atoms with van der Waals surface area (Å²) < 4.78 is 6.71. The molecular weight excluding hydrogens is 358 g/mol. The molecule has 8 nitrogen and oxygen atoms in total. The number of H-pyrrole nitrogens is 1. The fourth-order valence-corrected chi connectivity index (χ4v) is 2.74. The lowest BCUT2D eigenvalue weighted by molar-refractivity contribution is 0.0947. The van der Waals surface area contributed by atoms with Crippen LogP contribution in [-0.2, 0) is 6.54 Å². The molecule has 4 rings (SSSR count). The first-order valence-corrected chi connectivity index (χ1v) is 8.70. The largest absolute Gasteiger partial charge is 0.463 e. The number of hydrogen-bond donors (Lipinski definition) is 2. The molecule has 0 saturated carbocycles. The smallest absolute Gasteiger partial charge is 0.271 e. The first-order valence-electron chi connectivity index (χ1n) is 8.70. The van der Waals surface area contributed by atoms with Gasteiger partial charge in [0, 0.05) is 30.8 Å². The van der Waals surface area contributed by atoms with Crippen molar-refractivity contribution in [3.63, 3.8) is 0 Å². The minimum absolute atomic E-state index is 0.178. The second kappa shape index (κ2) is 7.75. The summed E-state index contributed by atoms with van der Waals surface area (Å²) in [5, 5.41) is 9.48. The molecule has 3 aromatic heterocycles. The lowest BCUT2D eigenvalue weighted by Gasteiger charge is -2.07. The average molecular weight is 375 g/mol. The Balaban J connectivity index is 1.36. The van der Waals surface area contributed by atoms with Crippen molar-refractivity contribution in [2.75, 3.05) is 6.54 Å². The Kier molecular flexibility index (Phi) is 4.83. The minimum Gasteiger partial charge on any atom is -0.463 e. The molecule has 8 heteroatoms. The summed E-state index contributed by atoms with van der Waals surface area (Å²) in [6, 6.07) is 16.1. The maximum absolute atomic E-state index is 12.3. The second-order valence-corrected chi connectivity index (χ2v) is 6.07. The third-order valence-electron chi connectivity index (χ3n) is 4.18. The van der Waals surface area contributed by atoms with E-state index in [1.807, 2.05) is 30.3 Å². The molecule has 1 amide bonds. The van der Waals surface area contributed by atoms with E-state index in [1.54, 1.807) is 24.5 Å². The van der Waals surface area contributed by atoms with Crippen molar-refractivity contribution in [2.24, 2.45) is 0 Å². The first kappa shape index (κ1) is 17.5. The maximum Gasteiger partial charge on any atom is 0.271 e. The van der Waals surface area contributed by atoms with E-state index in [9.17, 15) is 9.59 Å². The van der Waals surface area contributed by atoms with Crippen LogP contribution in [0.1, 0.15) is 10.5 Å². The Morgan fingerprint density at radius 3 is 2.75 bits per heavy atom. The van der Waals surface area contributed by atoms with Crippen LogP contribution in [0.4, 0.5) is 0 Å². The van der Waals surface area contributed by atoms with Gasteiger partial charge in [0.1, 0.15) is 5.69 Å². The third-order valence-corrected chi connectivity index (χ3v) is 4.18. The molecule has 0 unspecified atom stereocenters. The van der Waals surface area contributed by atoms with E-state index in [4.69, 9.17) is 4.42 Å². The van der Waals surface area contributed by atoms with Gasteiger partial charge < -0.3 is 9.73 Å². The van der Waals surface area contributed by atoms with E-state index in [-0.39, 0.29) is 23.7 Å². The van der Waals surface area contributed by atoms with E-state index in [0.29, 0.717) is 23.7 Å². The van der Waals surface area contributed by atoms with Crippen molar-refractivity contribution in [1.29, 1.82) is 0 Å². The van der Waals surface area contributed by atoms with Gasteiger partial charge in [-0.25, -0.2) is 4.98 Å². The van der Waals surface area contributed by atoms with Crippen molar-refractivity contribution in [3.8, 4) is 22.7 Å². The molecule has 0 radical (unpaired) electrons. The van der Waals surface area contributed by atoms with Crippen molar-refractivity contribution in [3.05, 3.63) is 83.2 Å². The number of rotatable bonds is 6. The standard InChI is InChI=1S/C20H17N5O3/c26-19-12-15(14-5-2-1-3-6-14)22-13-25(19)9-8-21-20(27)17-11-16(23-24-17)18-7-4-10-28-18/h1-7,10-13H,8-9H2,(H,21,27)(H,23,24). The van der Waals surface area contributed by atoms with E-state index < -0.39 is 0 Å². The Labute approximate surface area is 159 Å². The van der Waals surface area contributed by atoms with Gasteiger partial charge in [0.25, 0.3) is 11.5 Å². The van der Waals surface area contributed by atoms with Crippen LogP contribution in [0.15, 0.2) is 76.4 Å². The molecule has 0 aliphatic heterocycles. The summed E-state index contributed by atoms with van der Waals surface area (Å²) in [7, 11) is 0. The number of hydrogen-bond acceptors (Lipinski definition) is 5. The third kappa shape index (κ3) is 3.75. The van der Waals surface area contributed by atoms with E-state index in [1.165, 1.54) is 17.0 Å². The van der Waals surface area contributed by atoms with Crippen LogP contribution < -0.4 is 10.9 Å². The van der Waals surface area contributed by atoms with E-state index in [2.05, 4.69) is 20.5 Å². The molecule has 1 aromatic carbocycles. The van der Waals surface area contributed by atoms with Crippen molar-refractivity contribution in [1.82, 2.24) is 25.1 Å². The van der Waals surface area contributed by atoms with Crippen LogP contribution in [0.5, 0.6) is 0 Å². The van der Waals surface area contributed by atoms with Crippen LogP contribution in [0.2, 0.25) is 0 Å². The van der Waals surface area contributed by atoms with Gasteiger partial charge in [0.05, 0.1) is 18.3 Å². The lowest BCUT2D eigenvalue weighted by Crippen LogP contribution is -2.31. The number of nitrogens with zero attached hydrogens (tertiary/aromatic N) is 3. The Morgan fingerprint density at radius 2 is 2.00 bits per heavy atom. The zero-order chi connectivity index (χ0) is 19.3. The number of carbonyl (C=O) groups is 1. The fraction of sp³-hybridized carbons (Fsp3) is 0.100. The van der Waals surface area contributed by atoms with E-state index >= 15 is 0 Å². The first-order chi connectivity index (χ1) is 13.7. The van der Waals surface area contributed by atoms with Crippen molar-refractivity contribution in [2.45, 2.75) is 6.54 Å². The van der Waals surface area contributed by atoms with Gasteiger partial charge in [0.2, 0.25) is 0 Å². The molecule has 0 spiro atoms. The van der Waals surface area contributed by atoms with Gasteiger partial charge in [-0.1, -0.05) is 30.3 Å². The molecule has 3 heterocycles. The number of carbonyl (C=O) groups excluding carboxylic acids is 1. The van der Waals surface area contributed by atoms with Gasteiger partial charge in [-0.2, -0.15) is 5.10 Å². The summed E-state index contributed by atoms with van der Waals surface area (Å²) >= 11 is 0. The highest BCUT2D eigenvalue weighted by Crippen LogP contribution is 2.17. The zero-order valence-electron chi connectivity index (χ0n) is 14.8. The Morgan fingerprint density at radius 1 is 1.14 bits per heavy atom. The normalized spacial score (nSPS) is 10.7. The highest BCUT2D eigenvalue weighted by atomic mass is 16.3. The number of benzene rings is 1. The predicted molar refractivity (Wildman–Crippen MR) is 103 cm³/mol. The number of aromatic nitrogens is 4. The number of aromatic amines is 1. The average Bonchev–Trinajstić information content (AvgIpc) is 3.41. The molecule has 0 atom stereocenters. The van der Waals surface area contributed by atoms with Crippen LogP contribution in [0.25, 0.3) is 22.7 Å². The summed E-state index contributed by atoms with van der Waals surface area (Å²) in [5.74, 6) is 0.263. The van der Waals surface area contributed by atoms with Gasteiger partial charge in [-0.05, 0) is 12.1 Å². The molecule has 2 N–H and O–H groups in total. The monoisotopic (exact) mass is 375 g/mol. The summed E-state index contributed by atoms with van der Waals surface area (Å²) in [6.07, 6.45) is 3.03. The predicted octanol–water partition coefficient (Wildman–Crippen LogP) is 2.32. The number of amides is 1. The van der Waals surface area contributed by atoms with Gasteiger partial charge in [-0.3, -0.25) is 19.3 Å². The number of nitrogens with one attached hydrogen (secondary N) is 2. The van der Waals surface area contributed by atoms with Crippen molar-refractivity contribution < 1.29 is 9.21 Å². The van der Waals surface area contributed by atoms with E-state index in [0.717, 1.165) is 5.56 Å². The topological polar surface area (TPSA) is 106 Å². The molecule has 140 valence electrons. The Hall–Kier alpha value is -3.94. The molecule has 0 saturated heterocycles. The van der Waals surface area contributed by atoms with Gasteiger partial charge in [-0.15, -0.1) is 0 Å². The second-order valence-electron chi connectivity index (χ2n) is 6.07. The summed E-state index contributed by atoms with van der Waals surface area (Å²) in [6.45, 7) is 0.580. The van der Waals surface area contributed by atoms with Crippen LogP contribution in [0.3, 0.4) is 0 Å². The lowest BCUT2D eigenvalue weighted by atomic mass is 10.1. The van der Waals surface area contributed by atoms with Crippen molar-refractivity contribution >= 4 is 5.91 Å². The number of furan rings is 1. The van der Waals surface area contributed by atoms with Crippen LogP contribution in [0, 0.1) is 0 Å². The molecule has 4 aromatic rings. The molecule has 0 fully saturated rings. The molecule has 0 aliphatic rings. The summed E-state index contributed by atoms with van der Waals surface area (Å²) in [5.41, 5.74) is 2.19. The maximum atomic E-state index is 12.3. The molecule has 28 heavy (non-hydrogen) atoms. The highest BCUT2D eigenvalue weighted by Gasteiger charge is 2.12. The van der Waals surface area contributed by atoms with Crippen LogP contribution in [-0.4, -0.2) is 32.2 Å². The quantitative estimate of drug-likeness (QED) is 0.538. The molecular formula is C20H17N5O3. The minimum atomic E-state index is -0.337. The molecule has 0 aliphatic carbocycles. The highest BCUT2D eigenvalue weighted by molar-refractivity contribution is 5.93. The zero-order valence-corrected chi connectivity index (χ0v) is 14.8. The van der Waals surface area contributed by atoms with Gasteiger partial charge in [0.15, 0.2) is 11.5 Å². The fourth-order valence-electron chi connectivity index (χ4n) is 2.74. The SMILES string of the molecule is O=C(NCCn1cnc(-c2ccccc2)cc1=O)c1cc(-c2ccco2)[nH]n1. The molecule has 0 bridgehead atoms. The Bertz CT molecular complexity index is 1130. The van der Waals surface area contributed by atoms with Crippen LogP contribution >= 0.6 is 0 Å². The van der Waals surface area contributed by atoms with Gasteiger partial charge >= 0.3 is 0 Å².